The second-order valence-electron chi connectivity index (χ2n) is 7.49. The topological polar surface area (TPSA) is 51.0 Å². The molecule has 1 N–H and O–H groups in total. The fourth-order valence-electron chi connectivity index (χ4n) is 3.89. The van der Waals surface area contributed by atoms with E-state index in [0.717, 1.165) is 50.9 Å². The average molecular weight is 385 g/mol. The van der Waals surface area contributed by atoms with Crippen LogP contribution in [0.15, 0.2) is 47.6 Å². The Morgan fingerprint density at radius 3 is 2.54 bits per heavy atom. The molecule has 1 aromatic carbocycles. The summed E-state index contributed by atoms with van der Waals surface area (Å²) < 4.78 is 13.1. The highest BCUT2D eigenvalue weighted by atomic mass is 16.5. The van der Waals surface area contributed by atoms with E-state index in [4.69, 9.17) is 9.47 Å². The average Bonchev–Trinajstić information content (AvgIpc) is 3.13. The van der Waals surface area contributed by atoms with Crippen LogP contribution in [0.2, 0.25) is 0 Å². The van der Waals surface area contributed by atoms with E-state index in [9.17, 15) is 0 Å². The maximum Gasteiger partial charge on any atom is 0.193 e. The molecular weight excluding hydrogens is 352 g/mol. The highest BCUT2D eigenvalue weighted by Crippen LogP contribution is 2.35. The first-order chi connectivity index (χ1) is 13.6. The molecule has 1 aliphatic rings. The molecule has 1 fully saturated rings. The Balaban J connectivity index is 1.72. The normalized spacial score (nSPS) is 16.6. The van der Waals surface area contributed by atoms with E-state index in [1.165, 1.54) is 11.3 Å². The van der Waals surface area contributed by atoms with Crippen LogP contribution in [-0.2, 0) is 23.7 Å². The predicted molar refractivity (Wildman–Crippen MR) is 113 cm³/mol. The number of aryl methyl sites for hydroxylation is 1. The number of hydrogen-bond acceptors (Lipinski definition) is 3. The first-order valence-electron chi connectivity index (χ1n) is 9.82. The van der Waals surface area contributed by atoms with E-state index < -0.39 is 0 Å². The number of benzene rings is 1. The molecule has 2 heterocycles. The number of guanidine groups is 1. The van der Waals surface area contributed by atoms with E-state index in [0.29, 0.717) is 0 Å². The Morgan fingerprint density at radius 1 is 1.25 bits per heavy atom. The molecule has 0 bridgehead atoms. The molecule has 0 unspecified atom stereocenters. The quantitative estimate of drug-likeness (QED) is 0.615. The molecule has 1 saturated heterocycles. The molecule has 0 spiro atoms. The van der Waals surface area contributed by atoms with Crippen molar-refractivity contribution in [3.8, 4) is 5.75 Å². The summed E-state index contributed by atoms with van der Waals surface area (Å²) >= 11 is 0. The molecule has 6 nitrogen and oxygen atoms in total. The standard InChI is InChI=1S/C22H32N4O2/c1-23-21(26(3)16-19-6-5-13-25(19)2)24-17-22(11-14-28-15-12-22)18-7-9-20(27-4)10-8-18/h5-10,13H,11-12,14-17H2,1-4H3,(H,23,24). The summed E-state index contributed by atoms with van der Waals surface area (Å²) in [4.78, 5) is 6.67. The van der Waals surface area contributed by atoms with Crippen molar-refractivity contribution in [3.05, 3.63) is 53.9 Å². The van der Waals surface area contributed by atoms with Gasteiger partial charge in [0, 0.05) is 58.2 Å². The molecule has 28 heavy (non-hydrogen) atoms. The Labute approximate surface area is 168 Å². The number of nitrogens with zero attached hydrogens (tertiary/aromatic N) is 3. The summed E-state index contributed by atoms with van der Waals surface area (Å²) in [6.07, 6.45) is 4.05. The van der Waals surface area contributed by atoms with Crippen LogP contribution in [0.3, 0.4) is 0 Å². The van der Waals surface area contributed by atoms with Crippen LogP contribution in [0.25, 0.3) is 0 Å². The lowest BCUT2D eigenvalue weighted by molar-refractivity contribution is 0.0512. The van der Waals surface area contributed by atoms with Crippen LogP contribution in [0.4, 0.5) is 0 Å². The van der Waals surface area contributed by atoms with Crippen molar-refractivity contribution in [1.29, 1.82) is 0 Å². The third-order valence-corrected chi connectivity index (χ3v) is 5.76. The minimum atomic E-state index is 0.0340. The highest BCUT2D eigenvalue weighted by Gasteiger charge is 2.35. The Kier molecular flexibility index (Phi) is 6.62. The first-order valence-corrected chi connectivity index (χ1v) is 9.82. The lowest BCUT2D eigenvalue weighted by Gasteiger charge is -2.39. The van der Waals surface area contributed by atoms with E-state index in [1.807, 2.05) is 19.2 Å². The molecule has 3 rings (SSSR count). The smallest absolute Gasteiger partial charge is 0.193 e. The Morgan fingerprint density at radius 2 is 1.96 bits per heavy atom. The van der Waals surface area contributed by atoms with Gasteiger partial charge in [-0.25, -0.2) is 0 Å². The fourth-order valence-corrected chi connectivity index (χ4v) is 3.89. The zero-order chi connectivity index (χ0) is 20.0. The molecule has 6 heteroatoms. The summed E-state index contributed by atoms with van der Waals surface area (Å²) in [7, 11) is 7.69. The number of methoxy groups -OCH3 is 1. The zero-order valence-corrected chi connectivity index (χ0v) is 17.4. The molecule has 152 valence electrons. The van der Waals surface area contributed by atoms with Crippen LogP contribution in [0.1, 0.15) is 24.1 Å². The van der Waals surface area contributed by atoms with Gasteiger partial charge in [0.15, 0.2) is 5.96 Å². The van der Waals surface area contributed by atoms with Gasteiger partial charge in [0.1, 0.15) is 5.75 Å². The molecule has 0 atom stereocenters. The van der Waals surface area contributed by atoms with Crippen molar-refractivity contribution < 1.29 is 9.47 Å². The van der Waals surface area contributed by atoms with Gasteiger partial charge in [0.25, 0.3) is 0 Å². The van der Waals surface area contributed by atoms with Gasteiger partial charge in [-0.2, -0.15) is 0 Å². The number of ether oxygens (including phenoxy) is 2. The molecule has 0 radical (unpaired) electrons. The number of hydrogen-bond donors (Lipinski definition) is 1. The third kappa shape index (κ3) is 4.50. The van der Waals surface area contributed by atoms with E-state index >= 15 is 0 Å². The minimum absolute atomic E-state index is 0.0340. The Bertz CT molecular complexity index is 776. The van der Waals surface area contributed by atoms with Crippen LogP contribution < -0.4 is 10.1 Å². The molecular formula is C22H32N4O2. The molecule has 2 aromatic rings. The van der Waals surface area contributed by atoms with Gasteiger partial charge in [0.05, 0.1) is 13.7 Å². The van der Waals surface area contributed by atoms with Crippen LogP contribution >= 0.6 is 0 Å². The lowest BCUT2D eigenvalue weighted by Crippen LogP contribution is -2.48. The summed E-state index contributed by atoms with van der Waals surface area (Å²) in [5.41, 5.74) is 2.61. The van der Waals surface area contributed by atoms with Gasteiger partial charge < -0.3 is 24.3 Å². The van der Waals surface area contributed by atoms with Crippen molar-refractivity contribution in [2.24, 2.45) is 12.0 Å². The van der Waals surface area contributed by atoms with Gasteiger partial charge in [-0.05, 0) is 42.7 Å². The van der Waals surface area contributed by atoms with Crippen LogP contribution in [0.5, 0.6) is 5.75 Å². The number of aromatic nitrogens is 1. The number of nitrogens with one attached hydrogen (secondary N) is 1. The second-order valence-corrected chi connectivity index (χ2v) is 7.49. The third-order valence-electron chi connectivity index (χ3n) is 5.76. The van der Waals surface area contributed by atoms with Gasteiger partial charge in [-0.15, -0.1) is 0 Å². The summed E-state index contributed by atoms with van der Waals surface area (Å²) in [5.74, 6) is 1.79. The fraction of sp³-hybridized carbons (Fsp3) is 0.500. The van der Waals surface area contributed by atoms with Crippen LogP contribution in [-0.4, -0.2) is 56.4 Å². The summed E-state index contributed by atoms with van der Waals surface area (Å²) in [6, 6.07) is 12.7. The maximum atomic E-state index is 5.66. The number of aliphatic imine (C=N–C) groups is 1. The van der Waals surface area contributed by atoms with Gasteiger partial charge in [-0.1, -0.05) is 12.1 Å². The van der Waals surface area contributed by atoms with Gasteiger partial charge >= 0.3 is 0 Å². The number of rotatable bonds is 6. The maximum absolute atomic E-state index is 5.66. The van der Waals surface area contributed by atoms with Crippen molar-refractivity contribution >= 4 is 5.96 Å². The van der Waals surface area contributed by atoms with Gasteiger partial charge in [0.2, 0.25) is 0 Å². The molecule has 0 saturated carbocycles. The molecule has 0 amide bonds. The van der Waals surface area contributed by atoms with E-state index in [2.05, 4.69) is 64.3 Å². The van der Waals surface area contributed by atoms with Gasteiger partial charge in [-0.3, -0.25) is 4.99 Å². The highest BCUT2D eigenvalue weighted by molar-refractivity contribution is 5.79. The van der Waals surface area contributed by atoms with Crippen LogP contribution in [0, 0.1) is 0 Å². The molecule has 1 aliphatic heterocycles. The molecule has 1 aromatic heterocycles. The predicted octanol–water partition coefficient (Wildman–Crippen LogP) is 2.79. The summed E-state index contributed by atoms with van der Waals surface area (Å²) in [5, 5.41) is 3.62. The SMILES string of the molecule is CN=C(NCC1(c2ccc(OC)cc2)CCOCC1)N(C)Cc1cccn1C. The van der Waals surface area contributed by atoms with Crippen molar-refractivity contribution in [2.45, 2.75) is 24.8 Å². The van der Waals surface area contributed by atoms with E-state index in [1.54, 1.807) is 7.11 Å². The lowest BCUT2D eigenvalue weighted by atomic mass is 9.74. The largest absolute Gasteiger partial charge is 0.497 e. The molecule has 0 aliphatic carbocycles. The minimum Gasteiger partial charge on any atom is -0.497 e. The monoisotopic (exact) mass is 384 g/mol. The van der Waals surface area contributed by atoms with E-state index in [-0.39, 0.29) is 5.41 Å². The first kappa shape index (κ1) is 20.3. The summed E-state index contributed by atoms with van der Waals surface area (Å²) in [6.45, 7) is 3.20. The van der Waals surface area contributed by atoms with Crippen molar-refractivity contribution in [1.82, 2.24) is 14.8 Å². The second kappa shape index (κ2) is 9.15. The van der Waals surface area contributed by atoms with Crippen molar-refractivity contribution in [2.75, 3.05) is 41.0 Å². The van der Waals surface area contributed by atoms with Crippen molar-refractivity contribution in [3.63, 3.8) is 0 Å². The zero-order valence-electron chi connectivity index (χ0n) is 17.4. The Hall–Kier alpha value is -2.47.